The van der Waals surface area contributed by atoms with E-state index in [9.17, 15) is 0 Å². The zero-order valence-corrected chi connectivity index (χ0v) is 10.5. The second kappa shape index (κ2) is 5.99. The summed E-state index contributed by atoms with van der Waals surface area (Å²) in [5.41, 5.74) is 5.88. The van der Waals surface area contributed by atoms with Gasteiger partial charge in [0.2, 0.25) is 0 Å². The molecule has 0 spiro atoms. The Morgan fingerprint density at radius 3 is 2.81 bits per heavy atom. The molecule has 0 aromatic heterocycles. The third-order valence-electron chi connectivity index (χ3n) is 4.29. The topological polar surface area (TPSA) is 38.5 Å². The van der Waals surface area contributed by atoms with Crippen LogP contribution in [-0.4, -0.2) is 43.3 Å². The number of ether oxygens (including phenoxy) is 1. The van der Waals surface area contributed by atoms with Gasteiger partial charge < -0.3 is 10.5 Å². The molecule has 94 valence electrons. The third kappa shape index (κ3) is 2.96. The highest BCUT2D eigenvalue weighted by Crippen LogP contribution is 2.24. The molecular formula is C13H26N2O. The number of hydrogen-bond donors (Lipinski definition) is 1. The van der Waals surface area contributed by atoms with Gasteiger partial charge in [-0.2, -0.15) is 0 Å². The Hall–Kier alpha value is -0.120. The fourth-order valence-corrected chi connectivity index (χ4v) is 3.09. The minimum Gasteiger partial charge on any atom is -0.377 e. The van der Waals surface area contributed by atoms with Gasteiger partial charge in [-0.25, -0.2) is 0 Å². The number of nitrogens with zero attached hydrogens (tertiary/aromatic N) is 1. The minimum absolute atomic E-state index is 0.485. The van der Waals surface area contributed by atoms with E-state index in [1.807, 2.05) is 0 Å². The Balaban J connectivity index is 1.89. The van der Waals surface area contributed by atoms with E-state index in [1.54, 1.807) is 0 Å². The Morgan fingerprint density at radius 2 is 2.12 bits per heavy atom. The van der Waals surface area contributed by atoms with Crippen molar-refractivity contribution in [2.45, 2.75) is 51.2 Å². The van der Waals surface area contributed by atoms with Gasteiger partial charge in [-0.3, -0.25) is 4.90 Å². The van der Waals surface area contributed by atoms with Crippen molar-refractivity contribution in [3.63, 3.8) is 0 Å². The molecule has 2 heterocycles. The molecule has 0 saturated carbocycles. The van der Waals surface area contributed by atoms with Crippen LogP contribution in [0.15, 0.2) is 0 Å². The highest BCUT2D eigenvalue weighted by Gasteiger charge is 2.28. The molecule has 1 unspecified atom stereocenters. The van der Waals surface area contributed by atoms with Gasteiger partial charge in [-0.1, -0.05) is 6.42 Å². The molecule has 3 heteroatoms. The van der Waals surface area contributed by atoms with Gasteiger partial charge in [-0.05, 0) is 51.6 Å². The Morgan fingerprint density at radius 1 is 1.25 bits per heavy atom. The Kier molecular flexibility index (Phi) is 4.62. The Labute approximate surface area is 99.3 Å². The smallest absolute Gasteiger partial charge is 0.0702 e. The molecule has 0 aliphatic carbocycles. The molecule has 2 fully saturated rings. The lowest BCUT2D eigenvalue weighted by Gasteiger charge is -2.33. The van der Waals surface area contributed by atoms with Crippen LogP contribution in [0.3, 0.4) is 0 Å². The predicted molar refractivity (Wildman–Crippen MR) is 66.4 cm³/mol. The van der Waals surface area contributed by atoms with Crippen LogP contribution in [0.2, 0.25) is 0 Å². The predicted octanol–water partition coefficient (Wildman–Crippen LogP) is 1.61. The normalized spacial score (nSPS) is 37.5. The van der Waals surface area contributed by atoms with E-state index in [2.05, 4.69) is 11.8 Å². The van der Waals surface area contributed by atoms with E-state index >= 15 is 0 Å². The molecule has 16 heavy (non-hydrogen) atoms. The number of nitrogens with two attached hydrogens (primary N) is 1. The lowest BCUT2D eigenvalue weighted by atomic mass is 9.96. The SMILES string of the molecule is C[C@@H]1[C@@H](CN)CCCCN1CC1CCCO1. The lowest BCUT2D eigenvalue weighted by Crippen LogP contribution is -2.43. The highest BCUT2D eigenvalue weighted by molar-refractivity contribution is 4.82. The first-order valence-corrected chi connectivity index (χ1v) is 6.87. The van der Waals surface area contributed by atoms with E-state index in [0.29, 0.717) is 18.1 Å². The molecule has 0 amide bonds. The van der Waals surface area contributed by atoms with Crippen LogP contribution in [0.4, 0.5) is 0 Å². The molecule has 0 bridgehead atoms. The summed E-state index contributed by atoms with van der Waals surface area (Å²) in [6, 6.07) is 0.636. The summed E-state index contributed by atoms with van der Waals surface area (Å²) >= 11 is 0. The Bertz CT molecular complexity index is 204. The van der Waals surface area contributed by atoms with Gasteiger partial charge in [0.25, 0.3) is 0 Å². The summed E-state index contributed by atoms with van der Waals surface area (Å²) in [6.45, 7) is 6.50. The van der Waals surface area contributed by atoms with Crippen molar-refractivity contribution in [3.05, 3.63) is 0 Å². The standard InChI is InChI=1S/C13H26N2O/c1-11-12(9-14)5-2-3-7-15(11)10-13-6-4-8-16-13/h11-13H,2-10,14H2,1H3/t11-,12-,13?/m1/s1. The maximum atomic E-state index is 5.88. The van der Waals surface area contributed by atoms with Gasteiger partial charge in [0.1, 0.15) is 0 Å². The zero-order chi connectivity index (χ0) is 11.4. The third-order valence-corrected chi connectivity index (χ3v) is 4.29. The van der Waals surface area contributed by atoms with Gasteiger partial charge in [0.15, 0.2) is 0 Å². The number of rotatable bonds is 3. The second-order valence-electron chi connectivity index (χ2n) is 5.36. The van der Waals surface area contributed by atoms with E-state index in [1.165, 1.54) is 38.6 Å². The van der Waals surface area contributed by atoms with E-state index in [0.717, 1.165) is 19.7 Å². The van der Waals surface area contributed by atoms with Crippen LogP contribution in [0.25, 0.3) is 0 Å². The number of likely N-dealkylation sites (tertiary alicyclic amines) is 1. The molecule has 2 N–H and O–H groups in total. The zero-order valence-electron chi connectivity index (χ0n) is 10.5. The minimum atomic E-state index is 0.485. The van der Waals surface area contributed by atoms with Gasteiger partial charge in [0, 0.05) is 19.2 Å². The monoisotopic (exact) mass is 226 g/mol. The quantitative estimate of drug-likeness (QED) is 0.794. The van der Waals surface area contributed by atoms with E-state index < -0.39 is 0 Å². The molecular weight excluding hydrogens is 200 g/mol. The van der Waals surface area contributed by atoms with Crippen molar-refractivity contribution in [3.8, 4) is 0 Å². The van der Waals surface area contributed by atoms with Crippen molar-refractivity contribution in [2.75, 3.05) is 26.2 Å². The van der Waals surface area contributed by atoms with Crippen molar-refractivity contribution in [2.24, 2.45) is 11.7 Å². The average Bonchev–Trinajstić information content (AvgIpc) is 2.73. The van der Waals surface area contributed by atoms with Crippen LogP contribution in [0.1, 0.15) is 39.0 Å². The van der Waals surface area contributed by atoms with Crippen LogP contribution in [0.5, 0.6) is 0 Å². The first kappa shape index (κ1) is 12.3. The fourth-order valence-electron chi connectivity index (χ4n) is 3.09. The maximum Gasteiger partial charge on any atom is 0.0702 e. The van der Waals surface area contributed by atoms with Crippen LogP contribution < -0.4 is 5.73 Å². The van der Waals surface area contributed by atoms with Crippen molar-refractivity contribution >= 4 is 0 Å². The lowest BCUT2D eigenvalue weighted by molar-refractivity contribution is 0.0526. The van der Waals surface area contributed by atoms with Crippen LogP contribution in [-0.2, 0) is 4.74 Å². The van der Waals surface area contributed by atoms with Crippen molar-refractivity contribution < 1.29 is 4.74 Å². The second-order valence-corrected chi connectivity index (χ2v) is 5.36. The van der Waals surface area contributed by atoms with Crippen molar-refractivity contribution in [1.82, 2.24) is 4.90 Å². The average molecular weight is 226 g/mol. The molecule has 2 saturated heterocycles. The van der Waals surface area contributed by atoms with Gasteiger partial charge in [-0.15, -0.1) is 0 Å². The summed E-state index contributed by atoms with van der Waals surface area (Å²) in [5, 5.41) is 0. The first-order valence-electron chi connectivity index (χ1n) is 6.87. The van der Waals surface area contributed by atoms with Gasteiger partial charge in [0.05, 0.1) is 6.10 Å². The molecule has 2 aliphatic heterocycles. The molecule has 0 aromatic rings. The molecule has 0 aromatic carbocycles. The maximum absolute atomic E-state index is 5.88. The summed E-state index contributed by atoms with van der Waals surface area (Å²) in [7, 11) is 0. The van der Waals surface area contributed by atoms with E-state index in [4.69, 9.17) is 10.5 Å². The number of hydrogen-bond acceptors (Lipinski definition) is 3. The fraction of sp³-hybridized carbons (Fsp3) is 1.00. The highest BCUT2D eigenvalue weighted by atomic mass is 16.5. The van der Waals surface area contributed by atoms with Crippen molar-refractivity contribution in [1.29, 1.82) is 0 Å². The summed E-state index contributed by atoms with van der Waals surface area (Å²) in [4.78, 5) is 2.61. The van der Waals surface area contributed by atoms with Crippen LogP contribution in [0, 0.1) is 5.92 Å². The first-order chi connectivity index (χ1) is 7.81. The molecule has 3 nitrogen and oxygen atoms in total. The molecule has 2 rings (SSSR count). The van der Waals surface area contributed by atoms with Crippen LogP contribution >= 0.6 is 0 Å². The van der Waals surface area contributed by atoms with Gasteiger partial charge >= 0.3 is 0 Å². The molecule has 3 atom stereocenters. The van der Waals surface area contributed by atoms with E-state index in [-0.39, 0.29) is 0 Å². The largest absolute Gasteiger partial charge is 0.377 e. The summed E-state index contributed by atoms with van der Waals surface area (Å²) in [5.74, 6) is 0.684. The summed E-state index contributed by atoms with van der Waals surface area (Å²) in [6.07, 6.45) is 6.95. The summed E-state index contributed by atoms with van der Waals surface area (Å²) < 4.78 is 5.74. The molecule has 2 aliphatic rings. The molecule has 0 radical (unpaired) electrons.